The van der Waals surface area contributed by atoms with Gasteiger partial charge in [0, 0.05) is 12.3 Å². The normalized spacial score (nSPS) is 12.1. The molecule has 17 heavy (non-hydrogen) atoms. The third kappa shape index (κ3) is 2.63. The van der Waals surface area contributed by atoms with Crippen molar-refractivity contribution < 1.29 is 14.3 Å². The lowest BCUT2D eigenvalue weighted by molar-refractivity contribution is 0.0663. The Morgan fingerprint density at radius 1 is 1.41 bits per heavy atom. The van der Waals surface area contributed by atoms with Gasteiger partial charge in [-0.25, -0.2) is 4.79 Å². The van der Waals surface area contributed by atoms with E-state index in [2.05, 4.69) is 10.3 Å². The zero-order valence-corrected chi connectivity index (χ0v) is 9.25. The highest BCUT2D eigenvalue weighted by atomic mass is 16.4. The number of aromatic nitrogens is 1. The van der Waals surface area contributed by atoms with E-state index in [0.29, 0.717) is 5.88 Å². The monoisotopic (exact) mass is 232 g/mol. The van der Waals surface area contributed by atoms with Gasteiger partial charge in [0.1, 0.15) is 0 Å². The minimum atomic E-state index is -1.08. The molecule has 1 unspecified atom stereocenters. The van der Waals surface area contributed by atoms with E-state index in [-0.39, 0.29) is 11.8 Å². The standard InChI is InChI=1S/C12H12N2O3/c1-8(9-4-2-3-7-13-9)14-11-6-5-10(17-11)12(15)16/h2-8,14H,1H3,(H,15,16). The number of nitrogens with one attached hydrogen (secondary N) is 1. The molecule has 2 heterocycles. The Morgan fingerprint density at radius 3 is 2.82 bits per heavy atom. The van der Waals surface area contributed by atoms with Gasteiger partial charge in [0.05, 0.1) is 11.7 Å². The highest BCUT2D eigenvalue weighted by molar-refractivity contribution is 5.84. The van der Waals surface area contributed by atoms with Gasteiger partial charge in [-0.2, -0.15) is 0 Å². The van der Waals surface area contributed by atoms with Crippen molar-refractivity contribution in [3.8, 4) is 0 Å². The fraction of sp³-hybridized carbons (Fsp3) is 0.167. The third-order valence-electron chi connectivity index (χ3n) is 2.31. The maximum atomic E-state index is 10.6. The second-order valence-electron chi connectivity index (χ2n) is 3.59. The molecule has 2 N–H and O–H groups in total. The lowest BCUT2D eigenvalue weighted by atomic mass is 10.2. The molecule has 0 aromatic carbocycles. The van der Waals surface area contributed by atoms with Crippen molar-refractivity contribution in [3.63, 3.8) is 0 Å². The smallest absolute Gasteiger partial charge is 0.371 e. The van der Waals surface area contributed by atoms with Crippen LogP contribution in [0, 0.1) is 0 Å². The van der Waals surface area contributed by atoms with Crippen molar-refractivity contribution in [1.29, 1.82) is 0 Å². The van der Waals surface area contributed by atoms with Gasteiger partial charge < -0.3 is 14.8 Å². The topological polar surface area (TPSA) is 75.4 Å². The number of hydrogen-bond acceptors (Lipinski definition) is 4. The van der Waals surface area contributed by atoms with E-state index < -0.39 is 5.97 Å². The molecule has 0 saturated carbocycles. The van der Waals surface area contributed by atoms with Crippen LogP contribution in [0.15, 0.2) is 40.9 Å². The number of pyridine rings is 1. The number of furan rings is 1. The summed E-state index contributed by atoms with van der Waals surface area (Å²) in [7, 11) is 0. The zero-order chi connectivity index (χ0) is 12.3. The highest BCUT2D eigenvalue weighted by Gasteiger charge is 2.11. The number of carboxylic acids is 1. The van der Waals surface area contributed by atoms with Crippen molar-refractivity contribution in [3.05, 3.63) is 48.0 Å². The molecular formula is C12H12N2O3. The minimum Gasteiger partial charge on any atom is -0.475 e. The number of rotatable bonds is 4. The van der Waals surface area contributed by atoms with Gasteiger partial charge in [0.2, 0.25) is 5.76 Å². The van der Waals surface area contributed by atoms with Crippen molar-refractivity contribution in [2.75, 3.05) is 5.32 Å². The molecule has 0 aliphatic carbocycles. The van der Waals surface area contributed by atoms with E-state index in [1.807, 2.05) is 25.1 Å². The molecule has 2 aromatic rings. The van der Waals surface area contributed by atoms with Crippen LogP contribution >= 0.6 is 0 Å². The fourth-order valence-electron chi connectivity index (χ4n) is 1.45. The van der Waals surface area contributed by atoms with Gasteiger partial charge in [-0.05, 0) is 25.1 Å². The van der Waals surface area contributed by atoms with E-state index in [0.717, 1.165) is 5.69 Å². The molecule has 2 aromatic heterocycles. The number of nitrogens with zero attached hydrogens (tertiary/aromatic N) is 1. The molecule has 2 rings (SSSR count). The third-order valence-corrected chi connectivity index (χ3v) is 2.31. The molecule has 0 amide bonds. The van der Waals surface area contributed by atoms with Crippen LogP contribution in [0.3, 0.4) is 0 Å². The second kappa shape index (κ2) is 4.69. The average Bonchev–Trinajstić information content (AvgIpc) is 2.79. The summed E-state index contributed by atoms with van der Waals surface area (Å²) in [5.74, 6) is -0.746. The molecule has 0 aliphatic rings. The highest BCUT2D eigenvalue weighted by Crippen LogP contribution is 2.19. The number of aromatic carboxylic acids is 1. The summed E-state index contributed by atoms with van der Waals surface area (Å²) in [5.41, 5.74) is 0.862. The van der Waals surface area contributed by atoms with Crippen LogP contribution in [0.5, 0.6) is 0 Å². The quantitative estimate of drug-likeness (QED) is 0.847. The van der Waals surface area contributed by atoms with E-state index in [1.165, 1.54) is 6.07 Å². The van der Waals surface area contributed by atoms with Crippen molar-refractivity contribution in [2.45, 2.75) is 13.0 Å². The molecule has 0 radical (unpaired) electrons. The van der Waals surface area contributed by atoms with Crippen LogP contribution in [0.2, 0.25) is 0 Å². The maximum absolute atomic E-state index is 10.6. The molecule has 5 nitrogen and oxygen atoms in total. The van der Waals surface area contributed by atoms with E-state index in [1.54, 1.807) is 12.3 Å². The maximum Gasteiger partial charge on any atom is 0.371 e. The van der Waals surface area contributed by atoms with Crippen LogP contribution in [0.25, 0.3) is 0 Å². The Balaban J connectivity index is 2.08. The average molecular weight is 232 g/mol. The predicted octanol–water partition coefficient (Wildman–Crippen LogP) is 2.55. The molecule has 0 aliphatic heterocycles. The minimum absolute atomic E-state index is 0.0519. The molecule has 0 bridgehead atoms. The van der Waals surface area contributed by atoms with Crippen molar-refractivity contribution in [1.82, 2.24) is 4.98 Å². The van der Waals surface area contributed by atoms with Gasteiger partial charge in [-0.15, -0.1) is 0 Å². The molecule has 1 atom stereocenters. The van der Waals surface area contributed by atoms with Crippen LogP contribution in [0.1, 0.15) is 29.2 Å². The fourth-order valence-corrected chi connectivity index (χ4v) is 1.45. The number of hydrogen-bond donors (Lipinski definition) is 2. The van der Waals surface area contributed by atoms with Gasteiger partial charge in [-0.1, -0.05) is 6.07 Å². The Morgan fingerprint density at radius 2 is 2.24 bits per heavy atom. The largest absolute Gasteiger partial charge is 0.475 e. The summed E-state index contributed by atoms with van der Waals surface area (Å²) in [6.45, 7) is 1.92. The van der Waals surface area contributed by atoms with Gasteiger partial charge in [0.25, 0.3) is 0 Å². The summed E-state index contributed by atoms with van der Waals surface area (Å²) >= 11 is 0. The Bertz CT molecular complexity index is 507. The Labute approximate surface area is 98.1 Å². The number of anilines is 1. The summed E-state index contributed by atoms with van der Waals surface area (Å²) in [4.78, 5) is 14.8. The number of carbonyl (C=O) groups is 1. The Hall–Kier alpha value is -2.30. The van der Waals surface area contributed by atoms with E-state index >= 15 is 0 Å². The molecule has 0 spiro atoms. The zero-order valence-electron chi connectivity index (χ0n) is 9.25. The SMILES string of the molecule is CC(Nc1ccc(C(=O)O)o1)c1ccccn1. The summed E-state index contributed by atoms with van der Waals surface area (Å²) in [6.07, 6.45) is 1.71. The summed E-state index contributed by atoms with van der Waals surface area (Å²) in [5, 5.41) is 11.8. The molecule has 0 saturated heterocycles. The summed E-state index contributed by atoms with van der Waals surface area (Å²) in [6, 6.07) is 8.57. The molecule has 88 valence electrons. The molecule has 5 heteroatoms. The first kappa shape index (κ1) is 11.2. The summed E-state index contributed by atoms with van der Waals surface area (Å²) < 4.78 is 5.10. The second-order valence-corrected chi connectivity index (χ2v) is 3.59. The van der Waals surface area contributed by atoms with Crippen LogP contribution in [0.4, 0.5) is 5.88 Å². The van der Waals surface area contributed by atoms with Crippen LogP contribution in [-0.4, -0.2) is 16.1 Å². The Kier molecular flexibility index (Phi) is 3.09. The lowest BCUT2D eigenvalue weighted by Gasteiger charge is -2.11. The predicted molar refractivity (Wildman–Crippen MR) is 61.9 cm³/mol. The van der Waals surface area contributed by atoms with E-state index in [4.69, 9.17) is 9.52 Å². The van der Waals surface area contributed by atoms with Gasteiger partial charge in [0.15, 0.2) is 5.88 Å². The van der Waals surface area contributed by atoms with E-state index in [9.17, 15) is 4.79 Å². The van der Waals surface area contributed by atoms with Crippen LogP contribution < -0.4 is 5.32 Å². The first-order valence-corrected chi connectivity index (χ1v) is 5.17. The van der Waals surface area contributed by atoms with Gasteiger partial charge >= 0.3 is 5.97 Å². The van der Waals surface area contributed by atoms with Crippen LogP contribution in [-0.2, 0) is 0 Å². The van der Waals surface area contributed by atoms with Crippen molar-refractivity contribution >= 4 is 11.9 Å². The number of carboxylic acid groups (broad SMARTS) is 1. The first-order valence-electron chi connectivity index (χ1n) is 5.17. The molecule has 0 fully saturated rings. The van der Waals surface area contributed by atoms with Gasteiger partial charge in [-0.3, -0.25) is 4.98 Å². The lowest BCUT2D eigenvalue weighted by Crippen LogP contribution is -2.07. The van der Waals surface area contributed by atoms with Crippen molar-refractivity contribution in [2.24, 2.45) is 0 Å². The first-order chi connectivity index (χ1) is 8.16. The molecular weight excluding hydrogens is 220 g/mol.